The molecule has 1 atom stereocenters. The van der Waals surface area contributed by atoms with Gasteiger partial charge in [-0.25, -0.2) is 0 Å². The molecule has 0 saturated heterocycles. The number of aryl methyl sites for hydroxylation is 2. The molecule has 3 amide bonds. The lowest BCUT2D eigenvalue weighted by Gasteiger charge is -2.17. The SMILES string of the molecule is CCC(Sc1cccc(NC(=O)/C(=C\c2c(Cl)cccc2Cl)NC(=O)c2ccccc2)c1)C(=O)Nc1cc(C)ccc1C. The third-order valence-electron chi connectivity index (χ3n) is 6.50. The molecule has 9 heteroatoms. The normalized spacial score (nSPS) is 11.9. The van der Waals surface area contributed by atoms with Gasteiger partial charge in [0.1, 0.15) is 5.70 Å². The summed E-state index contributed by atoms with van der Waals surface area (Å²) in [5.74, 6) is -1.13. The maximum atomic E-state index is 13.5. The lowest BCUT2D eigenvalue weighted by atomic mass is 10.1. The van der Waals surface area contributed by atoms with Crippen molar-refractivity contribution in [2.75, 3.05) is 10.6 Å². The fraction of sp³-hybridized carbons (Fsp3) is 0.147. The molecule has 6 nitrogen and oxygen atoms in total. The van der Waals surface area contributed by atoms with Crippen LogP contribution in [-0.2, 0) is 9.59 Å². The first-order valence-corrected chi connectivity index (χ1v) is 15.3. The standard InChI is InChI=1S/C34H31Cl2N3O3S/c1-4-31(34(42)38-29-18-21(2)16-17-22(29)3)43-25-13-8-12-24(19-25)37-33(41)30(20-26-27(35)14-9-15-28(26)36)39-32(40)23-10-6-5-7-11-23/h5-20,31H,4H2,1-3H3,(H,37,41)(H,38,42)(H,39,40)/b30-20+. The van der Waals surface area contributed by atoms with Crippen LogP contribution in [0.1, 0.15) is 40.4 Å². The molecular formula is C34H31Cl2N3O3S. The summed E-state index contributed by atoms with van der Waals surface area (Å²) < 4.78 is 0. The van der Waals surface area contributed by atoms with Crippen LogP contribution in [0.2, 0.25) is 10.0 Å². The first-order chi connectivity index (χ1) is 20.6. The van der Waals surface area contributed by atoms with E-state index in [0.717, 1.165) is 21.7 Å². The fourth-order valence-corrected chi connectivity index (χ4v) is 5.67. The van der Waals surface area contributed by atoms with Crippen LogP contribution in [0.25, 0.3) is 6.08 Å². The Morgan fingerprint density at radius 2 is 1.53 bits per heavy atom. The third-order valence-corrected chi connectivity index (χ3v) is 8.52. The molecule has 0 saturated carbocycles. The van der Waals surface area contributed by atoms with Crippen LogP contribution in [0, 0.1) is 13.8 Å². The van der Waals surface area contributed by atoms with Gasteiger partial charge in [-0.15, -0.1) is 11.8 Å². The van der Waals surface area contributed by atoms with Gasteiger partial charge in [0.05, 0.1) is 5.25 Å². The van der Waals surface area contributed by atoms with Gasteiger partial charge in [-0.2, -0.15) is 0 Å². The van der Waals surface area contributed by atoms with Gasteiger partial charge in [0.2, 0.25) is 5.91 Å². The number of halogens is 2. The molecule has 0 bridgehead atoms. The zero-order chi connectivity index (χ0) is 30.9. The summed E-state index contributed by atoms with van der Waals surface area (Å²) in [6, 6.07) is 26.7. The van der Waals surface area contributed by atoms with Gasteiger partial charge in [-0.05, 0) is 86.0 Å². The van der Waals surface area contributed by atoms with E-state index in [-0.39, 0.29) is 16.9 Å². The number of nitrogens with one attached hydrogen (secondary N) is 3. The Kier molecular flexibility index (Phi) is 11.1. The van der Waals surface area contributed by atoms with E-state index in [2.05, 4.69) is 16.0 Å². The average molecular weight is 633 g/mol. The highest BCUT2D eigenvalue weighted by Crippen LogP contribution is 2.30. The predicted molar refractivity (Wildman–Crippen MR) is 178 cm³/mol. The van der Waals surface area contributed by atoms with Crippen LogP contribution in [0.3, 0.4) is 0 Å². The monoisotopic (exact) mass is 631 g/mol. The summed E-state index contributed by atoms with van der Waals surface area (Å²) in [7, 11) is 0. The molecule has 4 rings (SSSR count). The Bertz CT molecular complexity index is 1650. The van der Waals surface area contributed by atoms with E-state index in [0.29, 0.717) is 33.3 Å². The van der Waals surface area contributed by atoms with Crippen LogP contribution >= 0.6 is 35.0 Å². The van der Waals surface area contributed by atoms with Crippen molar-refractivity contribution in [3.05, 3.63) is 129 Å². The van der Waals surface area contributed by atoms with Gasteiger partial charge in [-0.1, -0.05) is 72.6 Å². The highest BCUT2D eigenvalue weighted by Gasteiger charge is 2.20. The number of anilines is 2. The Balaban J connectivity index is 1.54. The number of hydrogen-bond donors (Lipinski definition) is 3. The van der Waals surface area contributed by atoms with Gasteiger partial charge in [0.25, 0.3) is 11.8 Å². The van der Waals surface area contributed by atoms with E-state index in [4.69, 9.17) is 23.2 Å². The van der Waals surface area contributed by atoms with Crippen LogP contribution in [0.4, 0.5) is 11.4 Å². The molecule has 0 aliphatic heterocycles. The van der Waals surface area contributed by atoms with Gasteiger partial charge in [-0.3, -0.25) is 14.4 Å². The van der Waals surface area contributed by atoms with Crippen LogP contribution < -0.4 is 16.0 Å². The van der Waals surface area contributed by atoms with Gasteiger partial charge in [0, 0.05) is 37.4 Å². The minimum atomic E-state index is -0.567. The molecule has 0 fully saturated rings. The summed E-state index contributed by atoms with van der Waals surface area (Å²) in [4.78, 5) is 40.4. The summed E-state index contributed by atoms with van der Waals surface area (Å²) in [6.45, 7) is 5.90. The minimum Gasteiger partial charge on any atom is -0.325 e. The molecule has 220 valence electrons. The summed E-state index contributed by atoms with van der Waals surface area (Å²) >= 11 is 14.1. The number of rotatable bonds is 10. The van der Waals surface area contributed by atoms with E-state index in [1.165, 1.54) is 17.8 Å². The van der Waals surface area contributed by atoms with Crippen LogP contribution in [0.5, 0.6) is 0 Å². The number of hydrogen-bond acceptors (Lipinski definition) is 4. The second-order valence-corrected chi connectivity index (χ2v) is 11.9. The Hall–Kier alpha value is -4.04. The summed E-state index contributed by atoms with van der Waals surface area (Å²) in [5, 5.41) is 8.90. The second-order valence-electron chi connectivity index (χ2n) is 9.82. The van der Waals surface area contributed by atoms with Gasteiger partial charge < -0.3 is 16.0 Å². The number of carbonyl (C=O) groups is 3. The highest BCUT2D eigenvalue weighted by atomic mass is 35.5. The minimum absolute atomic E-state index is 0.0405. The maximum absolute atomic E-state index is 13.5. The molecule has 0 aromatic heterocycles. The lowest BCUT2D eigenvalue weighted by Crippen LogP contribution is -2.30. The van der Waals surface area contributed by atoms with Crippen LogP contribution in [-0.4, -0.2) is 23.0 Å². The smallest absolute Gasteiger partial charge is 0.272 e. The van der Waals surface area contributed by atoms with Crippen molar-refractivity contribution in [1.29, 1.82) is 0 Å². The number of thioether (sulfide) groups is 1. The number of carbonyl (C=O) groups excluding carboxylic acids is 3. The molecule has 0 spiro atoms. The van der Waals surface area contributed by atoms with E-state index in [1.807, 2.05) is 45.0 Å². The summed E-state index contributed by atoms with van der Waals surface area (Å²) in [5.41, 5.74) is 4.08. The highest BCUT2D eigenvalue weighted by molar-refractivity contribution is 8.00. The number of benzene rings is 4. The second kappa shape index (κ2) is 14.9. The zero-order valence-corrected chi connectivity index (χ0v) is 26.2. The first-order valence-electron chi connectivity index (χ1n) is 13.6. The molecule has 0 heterocycles. The van der Waals surface area contributed by atoms with Crippen molar-refractivity contribution in [2.45, 2.75) is 37.3 Å². The van der Waals surface area contributed by atoms with Gasteiger partial charge in [0.15, 0.2) is 0 Å². The molecular weight excluding hydrogens is 601 g/mol. The zero-order valence-electron chi connectivity index (χ0n) is 23.9. The molecule has 0 aliphatic carbocycles. The van der Waals surface area contributed by atoms with E-state index < -0.39 is 11.8 Å². The Morgan fingerprint density at radius 3 is 2.23 bits per heavy atom. The van der Waals surface area contributed by atoms with Gasteiger partial charge >= 0.3 is 0 Å². The molecule has 1 unspecified atom stereocenters. The molecule has 0 radical (unpaired) electrons. The predicted octanol–water partition coefficient (Wildman–Crippen LogP) is 8.53. The summed E-state index contributed by atoms with van der Waals surface area (Å²) in [6.07, 6.45) is 2.05. The molecule has 0 aliphatic rings. The van der Waals surface area contributed by atoms with Crippen molar-refractivity contribution < 1.29 is 14.4 Å². The molecule has 4 aromatic carbocycles. The van der Waals surface area contributed by atoms with Crippen molar-refractivity contribution in [1.82, 2.24) is 5.32 Å². The number of amides is 3. The quantitative estimate of drug-likeness (QED) is 0.121. The largest absolute Gasteiger partial charge is 0.325 e. The molecule has 3 N–H and O–H groups in total. The topological polar surface area (TPSA) is 87.3 Å². The average Bonchev–Trinajstić information content (AvgIpc) is 2.99. The van der Waals surface area contributed by atoms with E-state index in [9.17, 15) is 14.4 Å². The van der Waals surface area contributed by atoms with Crippen molar-refractivity contribution in [3.8, 4) is 0 Å². The maximum Gasteiger partial charge on any atom is 0.272 e. The fourth-order valence-electron chi connectivity index (χ4n) is 4.15. The first kappa shape index (κ1) is 31.9. The van der Waals surface area contributed by atoms with Crippen molar-refractivity contribution in [3.63, 3.8) is 0 Å². The lowest BCUT2D eigenvalue weighted by molar-refractivity contribution is -0.116. The van der Waals surface area contributed by atoms with Crippen molar-refractivity contribution in [2.24, 2.45) is 0 Å². The van der Waals surface area contributed by atoms with E-state index >= 15 is 0 Å². The Morgan fingerprint density at radius 1 is 0.837 bits per heavy atom. The Labute approximate surface area is 265 Å². The van der Waals surface area contributed by atoms with Crippen LogP contribution in [0.15, 0.2) is 102 Å². The molecule has 4 aromatic rings. The van der Waals surface area contributed by atoms with E-state index in [1.54, 1.807) is 66.7 Å². The molecule has 43 heavy (non-hydrogen) atoms. The third kappa shape index (κ3) is 8.74. The van der Waals surface area contributed by atoms with Crippen molar-refractivity contribution >= 4 is 70.1 Å².